The molecule has 2 atom stereocenters. The van der Waals surface area contributed by atoms with Crippen LogP contribution in [-0.2, 0) is 16.5 Å². The van der Waals surface area contributed by atoms with Crippen molar-refractivity contribution in [3.8, 4) is 0 Å². The molecular weight excluding hydrogens is 272 g/mol. The van der Waals surface area contributed by atoms with E-state index in [1.807, 2.05) is 7.05 Å². The number of hydrogen-bond donors (Lipinski definition) is 1. The Labute approximate surface area is 122 Å². The number of aryl methyl sites for hydroxylation is 1. The third kappa shape index (κ3) is 2.40. The van der Waals surface area contributed by atoms with Gasteiger partial charge in [-0.3, -0.25) is 4.68 Å². The van der Waals surface area contributed by atoms with Crippen LogP contribution in [0.4, 0.5) is 11.8 Å². The van der Waals surface area contributed by atoms with Gasteiger partial charge in [0.15, 0.2) is 5.65 Å². The minimum absolute atomic E-state index is 0.150. The number of ether oxygens (including phenoxy) is 2. The molecule has 1 saturated heterocycles. The Morgan fingerprint density at radius 2 is 2.19 bits per heavy atom. The lowest BCUT2D eigenvalue weighted by Crippen LogP contribution is -2.34. The molecule has 0 spiro atoms. The number of methoxy groups -OCH3 is 2. The third-order valence-electron chi connectivity index (χ3n) is 3.94. The summed E-state index contributed by atoms with van der Waals surface area (Å²) in [6.45, 7) is 1.33. The number of nitrogens with zero attached hydrogens (tertiary/aromatic N) is 5. The van der Waals surface area contributed by atoms with Crippen LogP contribution in [0.2, 0.25) is 0 Å². The van der Waals surface area contributed by atoms with Crippen LogP contribution < -0.4 is 10.6 Å². The molecular formula is C13H20N6O2. The van der Waals surface area contributed by atoms with Crippen LogP contribution >= 0.6 is 0 Å². The van der Waals surface area contributed by atoms with E-state index in [0.717, 1.165) is 24.0 Å². The Hall–Kier alpha value is -1.93. The minimum Gasteiger partial charge on any atom is -0.383 e. The molecule has 1 fully saturated rings. The third-order valence-corrected chi connectivity index (χ3v) is 3.94. The highest BCUT2D eigenvalue weighted by Crippen LogP contribution is 2.27. The van der Waals surface area contributed by atoms with Gasteiger partial charge in [-0.05, 0) is 6.42 Å². The molecule has 0 radical (unpaired) electrons. The zero-order chi connectivity index (χ0) is 15.0. The van der Waals surface area contributed by atoms with Crippen molar-refractivity contribution in [3.63, 3.8) is 0 Å². The van der Waals surface area contributed by atoms with Gasteiger partial charge in [-0.1, -0.05) is 0 Å². The topological polar surface area (TPSA) is 91.3 Å². The summed E-state index contributed by atoms with van der Waals surface area (Å²) in [6, 6.07) is 0.185. The molecule has 0 aliphatic carbocycles. The molecule has 0 saturated carbocycles. The number of hydrogen-bond acceptors (Lipinski definition) is 7. The van der Waals surface area contributed by atoms with Crippen LogP contribution in [0.3, 0.4) is 0 Å². The molecule has 3 heterocycles. The standard InChI is InChI=1S/C13H20N6O2/c1-18-12-10(5-15-18)11(14)16-13(17-12)19-6-9(21-3)4-8(19)7-20-2/h5,8-9H,4,6-7H2,1-3H3,(H2,14,16,17)/t8-,9-/m0/s1. The van der Waals surface area contributed by atoms with Gasteiger partial charge in [0.1, 0.15) is 5.82 Å². The number of anilines is 2. The highest BCUT2D eigenvalue weighted by Gasteiger charge is 2.34. The fraction of sp³-hybridized carbons (Fsp3) is 0.615. The predicted molar refractivity (Wildman–Crippen MR) is 79.1 cm³/mol. The van der Waals surface area contributed by atoms with E-state index in [-0.39, 0.29) is 12.1 Å². The maximum absolute atomic E-state index is 6.03. The zero-order valence-electron chi connectivity index (χ0n) is 12.5. The van der Waals surface area contributed by atoms with Gasteiger partial charge in [0.2, 0.25) is 5.95 Å². The summed E-state index contributed by atoms with van der Waals surface area (Å²) in [6.07, 6.45) is 2.72. The number of fused-ring (bicyclic) bond motifs is 1. The molecule has 2 N–H and O–H groups in total. The molecule has 8 heteroatoms. The van der Waals surface area contributed by atoms with Gasteiger partial charge >= 0.3 is 0 Å². The second kappa shape index (κ2) is 5.45. The van der Waals surface area contributed by atoms with Crippen molar-refractivity contribution in [2.45, 2.75) is 18.6 Å². The van der Waals surface area contributed by atoms with Gasteiger partial charge in [-0.15, -0.1) is 0 Å². The fourth-order valence-electron chi connectivity index (χ4n) is 2.80. The van der Waals surface area contributed by atoms with E-state index in [2.05, 4.69) is 20.0 Å². The molecule has 0 aromatic carbocycles. The molecule has 3 rings (SSSR count). The van der Waals surface area contributed by atoms with E-state index in [1.54, 1.807) is 25.1 Å². The molecule has 2 aromatic heterocycles. The summed E-state index contributed by atoms with van der Waals surface area (Å²) in [7, 11) is 5.25. The van der Waals surface area contributed by atoms with Crippen LogP contribution in [0.5, 0.6) is 0 Å². The van der Waals surface area contributed by atoms with Crippen LogP contribution in [0.1, 0.15) is 6.42 Å². The molecule has 21 heavy (non-hydrogen) atoms. The van der Waals surface area contributed by atoms with Crippen LogP contribution in [-0.4, -0.2) is 59.3 Å². The van der Waals surface area contributed by atoms with Crippen molar-refractivity contribution >= 4 is 22.8 Å². The molecule has 114 valence electrons. The van der Waals surface area contributed by atoms with Crippen molar-refractivity contribution in [2.24, 2.45) is 7.05 Å². The quantitative estimate of drug-likeness (QED) is 0.859. The summed E-state index contributed by atoms with van der Waals surface area (Å²) in [5, 5.41) is 4.95. The first-order valence-electron chi connectivity index (χ1n) is 6.87. The Bertz CT molecular complexity index is 643. The van der Waals surface area contributed by atoms with Gasteiger partial charge in [0.25, 0.3) is 0 Å². The summed E-state index contributed by atoms with van der Waals surface area (Å²) in [5.41, 5.74) is 6.76. The summed E-state index contributed by atoms with van der Waals surface area (Å²) in [5.74, 6) is 1.05. The summed E-state index contributed by atoms with van der Waals surface area (Å²) in [4.78, 5) is 11.1. The molecule has 1 aliphatic heterocycles. The van der Waals surface area contributed by atoms with E-state index in [9.17, 15) is 0 Å². The van der Waals surface area contributed by atoms with Crippen molar-refractivity contribution in [1.29, 1.82) is 0 Å². The Morgan fingerprint density at radius 3 is 2.90 bits per heavy atom. The number of rotatable bonds is 4. The van der Waals surface area contributed by atoms with Gasteiger partial charge in [-0.25, -0.2) is 0 Å². The van der Waals surface area contributed by atoms with Crippen LogP contribution in [0.25, 0.3) is 11.0 Å². The molecule has 2 aromatic rings. The van der Waals surface area contributed by atoms with E-state index in [4.69, 9.17) is 15.2 Å². The smallest absolute Gasteiger partial charge is 0.229 e. The summed E-state index contributed by atoms with van der Waals surface area (Å²) >= 11 is 0. The van der Waals surface area contributed by atoms with E-state index in [0.29, 0.717) is 18.4 Å². The number of nitrogens with two attached hydrogens (primary N) is 1. The number of aromatic nitrogens is 4. The Morgan fingerprint density at radius 1 is 1.38 bits per heavy atom. The van der Waals surface area contributed by atoms with Crippen molar-refractivity contribution in [3.05, 3.63) is 6.20 Å². The molecule has 0 amide bonds. The lowest BCUT2D eigenvalue weighted by atomic mass is 10.2. The molecule has 0 bridgehead atoms. The van der Waals surface area contributed by atoms with Gasteiger partial charge in [0, 0.05) is 27.8 Å². The largest absolute Gasteiger partial charge is 0.383 e. The average Bonchev–Trinajstić information content (AvgIpc) is 3.04. The van der Waals surface area contributed by atoms with E-state index < -0.39 is 0 Å². The van der Waals surface area contributed by atoms with Crippen LogP contribution in [0, 0.1) is 0 Å². The maximum atomic E-state index is 6.03. The number of nitrogen functional groups attached to an aromatic ring is 1. The molecule has 1 aliphatic rings. The highest BCUT2D eigenvalue weighted by atomic mass is 16.5. The first kappa shape index (κ1) is 14.0. The lowest BCUT2D eigenvalue weighted by molar-refractivity contribution is 0.111. The van der Waals surface area contributed by atoms with E-state index >= 15 is 0 Å². The summed E-state index contributed by atoms with van der Waals surface area (Å²) < 4.78 is 12.5. The normalized spacial score (nSPS) is 22.3. The van der Waals surface area contributed by atoms with Crippen molar-refractivity contribution in [1.82, 2.24) is 19.7 Å². The second-order valence-electron chi connectivity index (χ2n) is 5.27. The highest BCUT2D eigenvalue weighted by molar-refractivity contribution is 5.86. The predicted octanol–water partition coefficient (Wildman–Crippen LogP) is 0.186. The van der Waals surface area contributed by atoms with E-state index in [1.165, 1.54) is 0 Å². The zero-order valence-corrected chi connectivity index (χ0v) is 12.5. The first-order valence-corrected chi connectivity index (χ1v) is 6.87. The van der Waals surface area contributed by atoms with Crippen molar-refractivity contribution < 1.29 is 9.47 Å². The maximum Gasteiger partial charge on any atom is 0.229 e. The van der Waals surface area contributed by atoms with Gasteiger partial charge in [-0.2, -0.15) is 15.1 Å². The minimum atomic E-state index is 0.150. The second-order valence-corrected chi connectivity index (χ2v) is 5.27. The first-order chi connectivity index (χ1) is 10.1. The SMILES string of the molecule is COC[C@@H]1C[C@H](OC)CN1c1nc(N)c2cnn(C)c2n1. The van der Waals surface area contributed by atoms with Crippen molar-refractivity contribution in [2.75, 3.05) is 38.0 Å². The lowest BCUT2D eigenvalue weighted by Gasteiger charge is -2.23. The van der Waals surface area contributed by atoms with Gasteiger partial charge < -0.3 is 20.1 Å². The van der Waals surface area contributed by atoms with Crippen LogP contribution in [0.15, 0.2) is 6.20 Å². The monoisotopic (exact) mass is 292 g/mol. The molecule has 8 nitrogen and oxygen atoms in total. The molecule has 0 unspecified atom stereocenters. The van der Waals surface area contributed by atoms with Gasteiger partial charge in [0.05, 0.1) is 30.3 Å². The average molecular weight is 292 g/mol. The fourth-order valence-corrected chi connectivity index (χ4v) is 2.80. The Balaban J connectivity index is 1.99. The Kier molecular flexibility index (Phi) is 3.64.